The lowest BCUT2D eigenvalue weighted by molar-refractivity contribution is -0.118. The largest absolute Gasteiger partial charge is 0.482 e. The second-order valence-electron chi connectivity index (χ2n) is 6.27. The molecule has 0 aliphatic carbocycles. The van der Waals surface area contributed by atoms with Gasteiger partial charge in [0.25, 0.3) is 5.91 Å². The second kappa shape index (κ2) is 7.77. The molecule has 1 amide bonds. The fourth-order valence-corrected chi connectivity index (χ4v) is 3.54. The second-order valence-corrected chi connectivity index (χ2v) is 7.11. The van der Waals surface area contributed by atoms with Gasteiger partial charge >= 0.3 is 0 Å². The molecule has 3 aromatic rings. The molecule has 3 heterocycles. The number of hydrogen-bond acceptors (Lipinski definition) is 6. The zero-order valence-electron chi connectivity index (χ0n) is 15.5. The molecule has 2 aromatic heterocycles. The van der Waals surface area contributed by atoms with Gasteiger partial charge in [-0.25, -0.2) is 9.67 Å². The summed E-state index contributed by atoms with van der Waals surface area (Å²) in [5.41, 5.74) is 4.22. The lowest BCUT2D eigenvalue weighted by Gasteiger charge is -2.18. The van der Waals surface area contributed by atoms with Crippen LogP contribution in [0.5, 0.6) is 5.75 Å². The van der Waals surface area contributed by atoms with Crippen molar-refractivity contribution in [2.75, 3.05) is 11.9 Å². The van der Waals surface area contributed by atoms with E-state index in [0.717, 1.165) is 33.9 Å². The topological polar surface area (TPSA) is 80.9 Å². The highest BCUT2D eigenvalue weighted by Gasteiger charge is 2.18. The summed E-state index contributed by atoms with van der Waals surface area (Å²) in [6.45, 7) is 4.09. The van der Waals surface area contributed by atoms with Crippen LogP contribution in [0.25, 0.3) is 11.3 Å². The van der Waals surface area contributed by atoms with Crippen molar-refractivity contribution < 1.29 is 9.53 Å². The first kappa shape index (κ1) is 18.1. The Labute approximate surface area is 166 Å². The van der Waals surface area contributed by atoms with Crippen molar-refractivity contribution in [2.24, 2.45) is 10.1 Å². The molecule has 0 saturated heterocycles. The molecule has 1 aromatic carbocycles. The maximum absolute atomic E-state index is 11.7. The van der Waals surface area contributed by atoms with Gasteiger partial charge < -0.3 is 10.1 Å². The number of nitrogens with zero attached hydrogens (tertiary/aromatic N) is 4. The van der Waals surface area contributed by atoms with Crippen molar-refractivity contribution in [1.29, 1.82) is 0 Å². The van der Waals surface area contributed by atoms with Crippen molar-refractivity contribution in [3.8, 4) is 17.0 Å². The average Bonchev–Trinajstić information content (AvgIpc) is 3.10. The Morgan fingerprint density at radius 2 is 2.29 bits per heavy atom. The van der Waals surface area contributed by atoms with Crippen molar-refractivity contribution in [1.82, 2.24) is 9.66 Å². The molecule has 4 rings (SSSR count). The molecule has 1 aliphatic heterocycles. The highest BCUT2D eigenvalue weighted by molar-refractivity contribution is 7.07. The summed E-state index contributed by atoms with van der Waals surface area (Å²) in [4.78, 5) is 21.2. The Balaban J connectivity index is 1.85. The van der Waals surface area contributed by atoms with Gasteiger partial charge in [-0.1, -0.05) is 6.92 Å². The summed E-state index contributed by atoms with van der Waals surface area (Å²) in [6, 6.07) is 9.47. The van der Waals surface area contributed by atoms with Crippen LogP contribution in [0.3, 0.4) is 0 Å². The van der Waals surface area contributed by atoms with E-state index in [9.17, 15) is 4.79 Å². The van der Waals surface area contributed by atoms with Gasteiger partial charge in [0.1, 0.15) is 5.75 Å². The van der Waals surface area contributed by atoms with E-state index < -0.39 is 0 Å². The van der Waals surface area contributed by atoms with Crippen LogP contribution in [-0.4, -0.2) is 27.9 Å². The molecule has 0 spiro atoms. The zero-order valence-corrected chi connectivity index (χ0v) is 16.4. The molecule has 0 fully saturated rings. The average molecular weight is 393 g/mol. The van der Waals surface area contributed by atoms with E-state index in [-0.39, 0.29) is 12.5 Å². The maximum Gasteiger partial charge on any atom is 0.262 e. The summed E-state index contributed by atoms with van der Waals surface area (Å²) >= 11 is 1.50. The monoisotopic (exact) mass is 393 g/mol. The number of amides is 1. The Morgan fingerprint density at radius 3 is 3.07 bits per heavy atom. The number of nitrogens with one attached hydrogen (secondary N) is 1. The van der Waals surface area contributed by atoms with E-state index in [2.05, 4.69) is 17.2 Å². The summed E-state index contributed by atoms with van der Waals surface area (Å²) in [5.74, 6) is 0.508. The fraction of sp³-hybridized carbons (Fsp3) is 0.200. The highest BCUT2D eigenvalue weighted by atomic mass is 32.1. The van der Waals surface area contributed by atoms with Gasteiger partial charge in [-0.2, -0.15) is 5.10 Å². The Hall–Kier alpha value is -3.26. The lowest BCUT2D eigenvalue weighted by atomic mass is 10.1. The number of thiazole rings is 1. The van der Waals surface area contributed by atoms with E-state index >= 15 is 0 Å². The summed E-state index contributed by atoms with van der Waals surface area (Å²) in [7, 11) is 0. The van der Waals surface area contributed by atoms with Gasteiger partial charge in [0.05, 0.1) is 23.3 Å². The number of pyridine rings is 1. The molecule has 142 valence electrons. The number of rotatable bonds is 4. The predicted molar refractivity (Wildman–Crippen MR) is 110 cm³/mol. The number of hydrogen-bond donors (Lipinski definition) is 1. The third kappa shape index (κ3) is 3.72. The van der Waals surface area contributed by atoms with Crippen LogP contribution in [0.2, 0.25) is 0 Å². The van der Waals surface area contributed by atoms with E-state index in [1.165, 1.54) is 11.3 Å². The predicted octanol–water partition coefficient (Wildman–Crippen LogP) is 3.81. The first-order valence-corrected chi connectivity index (χ1v) is 9.79. The van der Waals surface area contributed by atoms with Crippen LogP contribution in [0.4, 0.5) is 11.4 Å². The highest BCUT2D eigenvalue weighted by Crippen LogP contribution is 2.33. The summed E-state index contributed by atoms with van der Waals surface area (Å²) < 4.78 is 7.29. The SMILES string of the molecule is CCC(C)=Nn1c(-c2ccc3c(c2)NC(=O)CO3)csc1=Nc1cccnc1. The van der Waals surface area contributed by atoms with Crippen LogP contribution in [0.15, 0.2) is 58.2 Å². The normalized spacial score (nSPS) is 14.4. The van der Waals surface area contributed by atoms with Gasteiger partial charge in [0.2, 0.25) is 4.80 Å². The summed E-state index contributed by atoms with van der Waals surface area (Å²) in [6.07, 6.45) is 4.27. The molecule has 0 unspecified atom stereocenters. The van der Waals surface area contributed by atoms with Crippen LogP contribution < -0.4 is 14.9 Å². The van der Waals surface area contributed by atoms with Crippen LogP contribution in [0, 0.1) is 0 Å². The minimum atomic E-state index is -0.157. The number of carbonyl (C=O) groups is 1. The molecule has 28 heavy (non-hydrogen) atoms. The minimum absolute atomic E-state index is 0.0406. The number of carbonyl (C=O) groups excluding carboxylic acids is 1. The number of benzene rings is 1. The van der Waals surface area contributed by atoms with Crippen molar-refractivity contribution in [2.45, 2.75) is 20.3 Å². The van der Waals surface area contributed by atoms with E-state index in [0.29, 0.717) is 11.4 Å². The lowest BCUT2D eigenvalue weighted by Crippen LogP contribution is -2.25. The Kier molecular flexibility index (Phi) is 5.03. The molecular weight excluding hydrogens is 374 g/mol. The van der Waals surface area contributed by atoms with E-state index in [1.807, 2.05) is 47.3 Å². The molecular formula is C20H19N5O2S. The number of ether oxygens (including phenoxy) is 1. The van der Waals surface area contributed by atoms with E-state index in [1.54, 1.807) is 12.4 Å². The Morgan fingerprint density at radius 1 is 1.39 bits per heavy atom. The van der Waals surface area contributed by atoms with E-state index in [4.69, 9.17) is 14.8 Å². The molecule has 7 nitrogen and oxygen atoms in total. The molecule has 0 bridgehead atoms. The maximum atomic E-state index is 11.7. The smallest absolute Gasteiger partial charge is 0.262 e. The number of aromatic nitrogens is 2. The first-order valence-electron chi connectivity index (χ1n) is 8.91. The molecule has 1 aliphatic rings. The molecule has 0 saturated carbocycles. The standard InChI is InChI=1S/C20H19N5O2S/c1-3-13(2)24-25-17(12-28-20(25)22-15-5-4-8-21-10-15)14-6-7-18-16(9-14)23-19(26)11-27-18/h4-10,12H,3,11H2,1-2H3,(H,23,26). The summed E-state index contributed by atoms with van der Waals surface area (Å²) in [5, 5.41) is 9.61. The molecule has 0 radical (unpaired) electrons. The fourth-order valence-electron chi connectivity index (χ4n) is 2.69. The third-order valence-electron chi connectivity index (χ3n) is 4.25. The number of anilines is 1. The van der Waals surface area contributed by atoms with Crippen LogP contribution in [0.1, 0.15) is 20.3 Å². The quantitative estimate of drug-likeness (QED) is 0.685. The molecule has 8 heteroatoms. The third-order valence-corrected chi connectivity index (χ3v) is 5.06. The number of fused-ring (bicyclic) bond motifs is 1. The molecule has 0 atom stereocenters. The van der Waals surface area contributed by atoms with Gasteiger partial charge in [-0.05, 0) is 43.7 Å². The minimum Gasteiger partial charge on any atom is -0.482 e. The van der Waals surface area contributed by atoms with Crippen molar-refractivity contribution in [3.63, 3.8) is 0 Å². The van der Waals surface area contributed by atoms with Crippen molar-refractivity contribution >= 4 is 34.3 Å². The van der Waals surface area contributed by atoms with Crippen molar-refractivity contribution in [3.05, 3.63) is 52.9 Å². The zero-order chi connectivity index (χ0) is 19.5. The van der Waals surface area contributed by atoms with Gasteiger partial charge in [0, 0.05) is 22.9 Å². The molecule has 1 N–H and O–H groups in total. The van der Waals surface area contributed by atoms with Gasteiger partial charge in [-0.3, -0.25) is 9.78 Å². The first-order chi connectivity index (χ1) is 13.6. The van der Waals surface area contributed by atoms with Gasteiger partial charge in [-0.15, -0.1) is 11.3 Å². The Bertz CT molecular complexity index is 1120. The van der Waals surface area contributed by atoms with Crippen LogP contribution >= 0.6 is 11.3 Å². The van der Waals surface area contributed by atoms with Crippen LogP contribution in [-0.2, 0) is 4.79 Å². The van der Waals surface area contributed by atoms with Gasteiger partial charge in [0.15, 0.2) is 6.61 Å².